The molecule has 0 spiro atoms. The van der Waals surface area contributed by atoms with Crippen LogP contribution in [0.4, 0.5) is 0 Å². The Balaban J connectivity index is 1.92. The summed E-state index contributed by atoms with van der Waals surface area (Å²) in [6.45, 7) is 0.834. The van der Waals surface area contributed by atoms with Crippen molar-refractivity contribution in [3.8, 4) is 0 Å². The maximum atomic E-state index is 5.36. The summed E-state index contributed by atoms with van der Waals surface area (Å²) in [5.41, 5.74) is 1.87. The zero-order valence-corrected chi connectivity index (χ0v) is 14.5. The van der Waals surface area contributed by atoms with Crippen LogP contribution in [-0.2, 0) is 13.0 Å². The number of imidazole rings is 1. The summed E-state index contributed by atoms with van der Waals surface area (Å²) in [6, 6.07) is 6.21. The lowest BCUT2D eigenvalue weighted by Crippen LogP contribution is -2.01. The van der Waals surface area contributed by atoms with Gasteiger partial charge in [0.15, 0.2) is 10.4 Å². The average Bonchev–Trinajstić information content (AvgIpc) is 2.89. The lowest BCUT2D eigenvalue weighted by Gasteiger charge is -2.02. The number of aryl methyl sites for hydroxylation is 2. The lowest BCUT2D eigenvalue weighted by molar-refractivity contribution is 0.706. The van der Waals surface area contributed by atoms with Crippen LogP contribution < -0.4 is 0 Å². The topological polar surface area (TPSA) is 33.6 Å². The highest BCUT2D eigenvalue weighted by molar-refractivity contribution is 9.11. The minimum Gasteiger partial charge on any atom is -0.329 e. The fourth-order valence-electron chi connectivity index (χ4n) is 1.93. The molecular formula is C12H9Br2N3S2. The molecule has 98 valence electrons. The number of hydrogen-bond acceptors (Lipinski definition) is 3. The van der Waals surface area contributed by atoms with Gasteiger partial charge in [0.2, 0.25) is 0 Å². The Hall–Kier alpha value is -0.500. The van der Waals surface area contributed by atoms with Crippen molar-refractivity contribution in [2.24, 2.45) is 0 Å². The normalized spacial score (nSPS) is 11.3. The summed E-state index contributed by atoms with van der Waals surface area (Å²) in [4.78, 5) is 8.95. The first-order valence-corrected chi connectivity index (χ1v) is 8.43. The third-order valence-corrected chi connectivity index (χ3v) is 5.23. The van der Waals surface area contributed by atoms with Crippen molar-refractivity contribution in [2.45, 2.75) is 13.0 Å². The van der Waals surface area contributed by atoms with Crippen LogP contribution in [0.2, 0.25) is 0 Å². The van der Waals surface area contributed by atoms with E-state index in [1.165, 1.54) is 4.88 Å². The second kappa shape index (κ2) is 5.47. The van der Waals surface area contributed by atoms with Gasteiger partial charge in [-0.2, -0.15) is 0 Å². The molecule has 3 nitrogen and oxygen atoms in total. The first-order valence-electron chi connectivity index (χ1n) is 5.62. The fourth-order valence-corrected chi connectivity index (χ4v) is 4.02. The molecule has 0 aliphatic heterocycles. The molecule has 19 heavy (non-hydrogen) atoms. The molecule has 7 heteroatoms. The van der Waals surface area contributed by atoms with Crippen LogP contribution in [0.1, 0.15) is 4.88 Å². The first kappa shape index (κ1) is 13.5. The number of aromatic nitrogens is 3. The number of pyridine rings is 1. The van der Waals surface area contributed by atoms with Crippen molar-refractivity contribution in [3.05, 3.63) is 42.3 Å². The highest BCUT2D eigenvalue weighted by Gasteiger charge is 2.07. The number of fused-ring (bicyclic) bond motifs is 1. The van der Waals surface area contributed by atoms with E-state index >= 15 is 0 Å². The smallest absolute Gasteiger partial charge is 0.179 e. The molecule has 3 rings (SSSR count). The third-order valence-electron chi connectivity index (χ3n) is 2.79. The summed E-state index contributed by atoms with van der Waals surface area (Å²) in [5, 5.41) is 0. The van der Waals surface area contributed by atoms with E-state index in [1.54, 1.807) is 17.5 Å². The van der Waals surface area contributed by atoms with Gasteiger partial charge in [0.1, 0.15) is 0 Å². The Bertz CT molecular complexity index is 788. The van der Waals surface area contributed by atoms with Crippen molar-refractivity contribution < 1.29 is 0 Å². The van der Waals surface area contributed by atoms with Gasteiger partial charge >= 0.3 is 0 Å². The maximum absolute atomic E-state index is 5.36. The highest BCUT2D eigenvalue weighted by atomic mass is 79.9. The van der Waals surface area contributed by atoms with Gasteiger partial charge in [0.05, 0.1) is 9.30 Å². The van der Waals surface area contributed by atoms with Crippen LogP contribution in [0, 0.1) is 4.77 Å². The number of hydrogen-bond donors (Lipinski definition) is 1. The van der Waals surface area contributed by atoms with Gasteiger partial charge in [-0.05, 0) is 68.7 Å². The van der Waals surface area contributed by atoms with E-state index in [0.29, 0.717) is 0 Å². The van der Waals surface area contributed by atoms with Crippen LogP contribution in [0.3, 0.4) is 0 Å². The predicted molar refractivity (Wildman–Crippen MR) is 88.3 cm³/mol. The molecule has 0 fully saturated rings. The Morgan fingerprint density at radius 1 is 1.37 bits per heavy atom. The maximum Gasteiger partial charge on any atom is 0.179 e. The minimum atomic E-state index is 0.719. The largest absolute Gasteiger partial charge is 0.329 e. The zero-order chi connectivity index (χ0) is 13.4. The molecule has 0 radical (unpaired) electrons. The number of nitrogens with zero attached hydrogens (tertiary/aromatic N) is 2. The molecule has 0 unspecified atom stereocenters. The number of rotatable bonds is 3. The fraction of sp³-hybridized carbons (Fsp3) is 0.167. The second-order valence-corrected chi connectivity index (χ2v) is 7.91. The molecule has 0 aliphatic rings. The van der Waals surface area contributed by atoms with Crippen molar-refractivity contribution in [3.63, 3.8) is 0 Å². The van der Waals surface area contributed by atoms with Crippen LogP contribution in [-0.4, -0.2) is 14.5 Å². The molecule has 0 amide bonds. The summed E-state index contributed by atoms with van der Waals surface area (Å²) in [6.07, 6.45) is 2.75. The van der Waals surface area contributed by atoms with E-state index in [-0.39, 0.29) is 0 Å². The molecule has 3 heterocycles. The van der Waals surface area contributed by atoms with E-state index < -0.39 is 0 Å². The van der Waals surface area contributed by atoms with Gasteiger partial charge in [-0.15, -0.1) is 11.3 Å². The number of aromatic amines is 1. The van der Waals surface area contributed by atoms with Crippen LogP contribution in [0.15, 0.2) is 32.7 Å². The van der Waals surface area contributed by atoms with Gasteiger partial charge in [-0.25, -0.2) is 4.98 Å². The van der Waals surface area contributed by atoms with Gasteiger partial charge in [-0.1, -0.05) is 0 Å². The van der Waals surface area contributed by atoms with Crippen molar-refractivity contribution >= 4 is 66.6 Å². The predicted octanol–water partition coefficient (Wildman–Crippen LogP) is 4.92. The van der Waals surface area contributed by atoms with Gasteiger partial charge in [0.25, 0.3) is 0 Å². The van der Waals surface area contributed by atoms with Gasteiger partial charge in [0, 0.05) is 22.1 Å². The zero-order valence-electron chi connectivity index (χ0n) is 9.69. The van der Waals surface area contributed by atoms with Crippen molar-refractivity contribution in [1.29, 1.82) is 0 Å². The van der Waals surface area contributed by atoms with Crippen LogP contribution in [0.5, 0.6) is 0 Å². The second-order valence-electron chi connectivity index (χ2n) is 4.06. The van der Waals surface area contributed by atoms with E-state index in [9.17, 15) is 0 Å². The molecule has 0 aromatic carbocycles. The van der Waals surface area contributed by atoms with Crippen LogP contribution >= 0.6 is 55.4 Å². The molecular weight excluding hydrogens is 410 g/mol. The molecule has 1 N–H and O–H groups in total. The SMILES string of the molecule is S=c1[nH]c2cc(Br)cnc2n1CCc1ccc(Br)s1. The molecule has 0 saturated carbocycles. The Kier molecular flexibility index (Phi) is 3.88. The van der Waals surface area contributed by atoms with Crippen molar-refractivity contribution in [2.75, 3.05) is 0 Å². The Morgan fingerprint density at radius 2 is 2.21 bits per heavy atom. The summed E-state index contributed by atoms with van der Waals surface area (Å²) < 4.78 is 4.87. The molecule has 0 aliphatic carbocycles. The van der Waals surface area contributed by atoms with E-state index in [1.807, 2.05) is 10.6 Å². The first-order chi connectivity index (χ1) is 9.13. The molecule has 3 aromatic rings. The molecule has 0 atom stereocenters. The quantitative estimate of drug-likeness (QED) is 0.612. The van der Waals surface area contributed by atoms with Crippen molar-refractivity contribution in [1.82, 2.24) is 14.5 Å². The molecule has 0 bridgehead atoms. The number of H-pyrrole nitrogens is 1. The standard InChI is InChI=1S/C12H9Br2N3S2/c13-7-5-9-11(15-6-7)17(12(18)16-9)4-3-8-1-2-10(14)19-8/h1-2,5-6H,3-4H2,(H,16,18). The average molecular weight is 419 g/mol. The van der Waals surface area contributed by atoms with E-state index in [2.05, 4.69) is 54.0 Å². The summed E-state index contributed by atoms with van der Waals surface area (Å²) in [5.74, 6) is 0. The van der Waals surface area contributed by atoms with Crippen LogP contribution in [0.25, 0.3) is 11.2 Å². The van der Waals surface area contributed by atoms with Gasteiger partial charge < -0.3 is 9.55 Å². The number of thiophene rings is 1. The van der Waals surface area contributed by atoms with E-state index in [0.717, 1.165) is 37.2 Å². The minimum absolute atomic E-state index is 0.719. The molecule has 3 aromatic heterocycles. The number of halogens is 2. The van der Waals surface area contributed by atoms with E-state index in [4.69, 9.17) is 12.2 Å². The Labute approximate surface area is 135 Å². The number of nitrogens with one attached hydrogen (secondary N) is 1. The summed E-state index contributed by atoms with van der Waals surface area (Å²) >= 11 is 14.0. The highest BCUT2D eigenvalue weighted by Crippen LogP contribution is 2.23. The third kappa shape index (κ3) is 2.84. The monoisotopic (exact) mass is 417 g/mol. The van der Waals surface area contributed by atoms with Gasteiger partial charge in [-0.3, -0.25) is 0 Å². The Morgan fingerprint density at radius 3 is 2.95 bits per heavy atom. The summed E-state index contributed by atoms with van der Waals surface area (Å²) in [7, 11) is 0. The molecule has 0 saturated heterocycles. The lowest BCUT2D eigenvalue weighted by atomic mass is 10.3.